The monoisotopic (exact) mass is 636 g/mol. The minimum Gasteiger partial charge on any atom is -0.497 e. The first kappa shape index (κ1) is 30.3. The smallest absolute Gasteiger partial charge is 0.253 e. The normalized spacial score (nSPS) is 14.3. The number of rotatable bonds is 12. The molecule has 6 rings (SSSR count). The maximum absolute atomic E-state index is 13.8. The maximum Gasteiger partial charge on any atom is 0.253 e. The molecule has 0 spiro atoms. The number of methoxy groups -OCH3 is 1. The molecular weight excluding hydrogens is 605 g/mol. The lowest BCUT2D eigenvalue weighted by Crippen LogP contribution is -2.28. The Morgan fingerprint density at radius 1 is 0.956 bits per heavy atom. The van der Waals surface area contributed by atoms with E-state index in [1.807, 2.05) is 82.7 Å². The number of ether oxygens (including phenoxy) is 1. The fourth-order valence-corrected chi connectivity index (χ4v) is 6.68. The highest BCUT2D eigenvalue weighted by molar-refractivity contribution is 7.99. The molecular formula is C34H32N6O3S2. The van der Waals surface area contributed by atoms with Gasteiger partial charge in [-0.2, -0.15) is 5.10 Å². The van der Waals surface area contributed by atoms with Crippen LogP contribution in [0.1, 0.15) is 44.6 Å². The molecule has 1 aliphatic heterocycles. The van der Waals surface area contributed by atoms with Gasteiger partial charge in [0.1, 0.15) is 5.75 Å². The van der Waals surface area contributed by atoms with E-state index in [2.05, 4.69) is 27.6 Å². The van der Waals surface area contributed by atoms with E-state index in [1.54, 1.807) is 35.6 Å². The van der Waals surface area contributed by atoms with Crippen molar-refractivity contribution in [2.75, 3.05) is 12.9 Å². The molecule has 2 aromatic heterocycles. The summed E-state index contributed by atoms with van der Waals surface area (Å²) in [5, 5.41) is 20.8. The van der Waals surface area contributed by atoms with Crippen LogP contribution in [0.5, 0.6) is 5.75 Å². The average Bonchev–Trinajstić information content (AvgIpc) is 3.87. The van der Waals surface area contributed by atoms with Gasteiger partial charge in [-0.3, -0.25) is 9.59 Å². The van der Waals surface area contributed by atoms with Crippen LogP contribution < -0.4 is 10.1 Å². The van der Waals surface area contributed by atoms with E-state index in [0.29, 0.717) is 29.5 Å². The third-order valence-corrected chi connectivity index (χ3v) is 9.37. The number of hydrogen-bond acceptors (Lipinski definition) is 8. The van der Waals surface area contributed by atoms with Crippen LogP contribution in [-0.4, -0.2) is 50.2 Å². The topological polar surface area (TPSA) is 102 Å². The van der Waals surface area contributed by atoms with Crippen molar-refractivity contribution in [1.82, 2.24) is 25.1 Å². The van der Waals surface area contributed by atoms with Gasteiger partial charge >= 0.3 is 0 Å². The molecule has 0 aliphatic carbocycles. The Kier molecular flexibility index (Phi) is 9.67. The van der Waals surface area contributed by atoms with Gasteiger partial charge < -0.3 is 14.6 Å². The van der Waals surface area contributed by atoms with Gasteiger partial charge in [-0.15, -0.1) is 21.5 Å². The molecule has 0 saturated heterocycles. The molecule has 45 heavy (non-hydrogen) atoms. The van der Waals surface area contributed by atoms with Gasteiger partial charge in [-0.05, 0) is 53.3 Å². The van der Waals surface area contributed by atoms with Crippen molar-refractivity contribution < 1.29 is 14.3 Å². The summed E-state index contributed by atoms with van der Waals surface area (Å²) in [5.74, 6) is 1.21. The minimum absolute atomic E-state index is 0.121. The predicted octanol–water partition coefficient (Wildman–Crippen LogP) is 5.99. The lowest BCUT2D eigenvalue weighted by atomic mass is 10.0. The highest BCUT2D eigenvalue weighted by atomic mass is 32.2. The molecule has 3 heterocycles. The lowest BCUT2D eigenvalue weighted by Gasteiger charge is -2.22. The summed E-state index contributed by atoms with van der Waals surface area (Å²) in [4.78, 5) is 27.6. The Morgan fingerprint density at radius 2 is 1.71 bits per heavy atom. The van der Waals surface area contributed by atoms with Gasteiger partial charge in [0.15, 0.2) is 11.0 Å². The molecule has 9 nitrogen and oxygen atoms in total. The Hall–Kier alpha value is -4.74. The van der Waals surface area contributed by atoms with Gasteiger partial charge in [0.05, 0.1) is 36.0 Å². The zero-order valence-electron chi connectivity index (χ0n) is 24.7. The molecule has 0 fully saturated rings. The third kappa shape index (κ3) is 7.33. The standard InChI is InChI=1S/C34H32N6O3S2/c1-43-27-16-14-25(15-17-27)29-21-28(30-13-8-20-44-30)38-40(29)32(41)23-45-34-37-36-31(22-35-33(42)26-11-6-3-7-12-26)39(34)19-18-24-9-4-2-5-10-24/h2-17,20,29H,18-19,21-23H2,1H3,(H,35,42). The molecule has 1 atom stereocenters. The number of aryl methyl sites for hydroxylation is 1. The quantitative estimate of drug-likeness (QED) is 0.169. The second-order valence-corrected chi connectivity index (χ2v) is 12.3. The van der Waals surface area contributed by atoms with Crippen LogP contribution in [0.4, 0.5) is 0 Å². The highest BCUT2D eigenvalue weighted by Gasteiger charge is 2.33. The summed E-state index contributed by atoms with van der Waals surface area (Å²) in [5.41, 5.74) is 3.64. The number of hydrazone groups is 1. The maximum atomic E-state index is 13.8. The molecule has 1 unspecified atom stereocenters. The number of carbonyl (C=O) groups excluding carboxylic acids is 2. The molecule has 228 valence electrons. The zero-order chi connectivity index (χ0) is 31.0. The number of hydrogen-bond donors (Lipinski definition) is 1. The summed E-state index contributed by atoms with van der Waals surface area (Å²) in [6.45, 7) is 0.813. The first-order chi connectivity index (χ1) is 22.1. The van der Waals surface area contributed by atoms with Crippen molar-refractivity contribution in [2.24, 2.45) is 5.10 Å². The van der Waals surface area contributed by atoms with Gasteiger partial charge in [0, 0.05) is 18.5 Å². The summed E-state index contributed by atoms with van der Waals surface area (Å²) < 4.78 is 7.33. The number of thioether (sulfide) groups is 1. The van der Waals surface area contributed by atoms with Crippen LogP contribution in [0.3, 0.4) is 0 Å². The molecule has 0 saturated carbocycles. The van der Waals surface area contributed by atoms with Crippen molar-refractivity contribution in [3.8, 4) is 5.75 Å². The molecule has 1 N–H and O–H groups in total. The first-order valence-electron chi connectivity index (χ1n) is 14.6. The van der Waals surface area contributed by atoms with Gasteiger partial charge in [-0.25, -0.2) is 5.01 Å². The van der Waals surface area contributed by atoms with E-state index in [9.17, 15) is 9.59 Å². The van der Waals surface area contributed by atoms with Crippen LogP contribution in [0, 0.1) is 0 Å². The second-order valence-electron chi connectivity index (χ2n) is 10.4. The predicted molar refractivity (Wildman–Crippen MR) is 177 cm³/mol. The summed E-state index contributed by atoms with van der Waals surface area (Å²) in [6, 6.07) is 30.8. The van der Waals surface area contributed by atoms with Crippen LogP contribution in [0.2, 0.25) is 0 Å². The Bertz CT molecular complexity index is 1760. The fourth-order valence-electron chi connectivity index (χ4n) is 5.13. The Morgan fingerprint density at radius 3 is 2.42 bits per heavy atom. The van der Waals surface area contributed by atoms with Crippen molar-refractivity contribution >= 4 is 40.6 Å². The van der Waals surface area contributed by atoms with Crippen molar-refractivity contribution in [3.63, 3.8) is 0 Å². The van der Waals surface area contributed by atoms with Gasteiger partial charge in [0.2, 0.25) is 0 Å². The van der Waals surface area contributed by atoms with E-state index in [4.69, 9.17) is 9.84 Å². The summed E-state index contributed by atoms with van der Waals surface area (Å²) in [7, 11) is 1.64. The number of amides is 2. The number of benzene rings is 3. The fraction of sp³-hybridized carbons (Fsp3) is 0.206. The van der Waals surface area contributed by atoms with Crippen molar-refractivity contribution in [3.05, 3.63) is 130 Å². The van der Waals surface area contributed by atoms with E-state index >= 15 is 0 Å². The molecule has 0 bridgehead atoms. The average molecular weight is 637 g/mol. The summed E-state index contributed by atoms with van der Waals surface area (Å²) in [6.07, 6.45) is 1.38. The highest BCUT2D eigenvalue weighted by Crippen LogP contribution is 2.35. The SMILES string of the molecule is COc1ccc(C2CC(c3cccs3)=NN2C(=O)CSc2nnc(CNC(=O)c3ccccc3)n2CCc2ccccc2)cc1. The minimum atomic E-state index is -0.221. The van der Waals surface area contributed by atoms with Gasteiger partial charge in [-0.1, -0.05) is 78.5 Å². The number of carbonyl (C=O) groups is 2. The van der Waals surface area contributed by atoms with E-state index in [1.165, 1.54) is 17.3 Å². The third-order valence-electron chi connectivity index (χ3n) is 7.50. The molecule has 11 heteroatoms. The largest absolute Gasteiger partial charge is 0.497 e. The van der Waals surface area contributed by atoms with Crippen molar-refractivity contribution in [2.45, 2.75) is 37.1 Å². The van der Waals surface area contributed by atoms with Crippen molar-refractivity contribution in [1.29, 1.82) is 0 Å². The van der Waals surface area contributed by atoms with E-state index < -0.39 is 0 Å². The van der Waals surface area contributed by atoms with Gasteiger partial charge in [0.25, 0.3) is 11.8 Å². The number of aromatic nitrogens is 3. The Balaban J connectivity index is 1.19. The molecule has 5 aromatic rings. The van der Waals surface area contributed by atoms with Crippen LogP contribution in [0.25, 0.3) is 0 Å². The molecule has 2 amide bonds. The first-order valence-corrected chi connectivity index (χ1v) is 16.4. The Labute approximate surface area is 270 Å². The summed E-state index contributed by atoms with van der Waals surface area (Å²) >= 11 is 2.94. The van der Waals surface area contributed by atoms with E-state index in [0.717, 1.165) is 28.3 Å². The number of nitrogens with zero attached hydrogens (tertiary/aromatic N) is 5. The molecule has 3 aromatic carbocycles. The number of nitrogens with one attached hydrogen (secondary N) is 1. The zero-order valence-corrected chi connectivity index (χ0v) is 26.3. The van der Waals surface area contributed by atoms with Crippen LogP contribution >= 0.6 is 23.1 Å². The lowest BCUT2D eigenvalue weighted by molar-refractivity contribution is -0.130. The van der Waals surface area contributed by atoms with Crippen LogP contribution in [0.15, 0.2) is 113 Å². The molecule has 0 radical (unpaired) electrons. The van der Waals surface area contributed by atoms with E-state index in [-0.39, 0.29) is 30.2 Å². The van der Waals surface area contributed by atoms with Crippen LogP contribution in [-0.2, 0) is 24.3 Å². The second kappa shape index (κ2) is 14.4. The molecule has 1 aliphatic rings. The number of thiophene rings is 1.